The molecular weight excluding hydrogens is 364 g/mol. The van der Waals surface area contributed by atoms with Crippen LogP contribution in [-0.2, 0) is 11.2 Å². The van der Waals surface area contributed by atoms with E-state index in [4.69, 9.17) is 4.42 Å². The van der Waals surface area contributed by atoms with Gasteiger partial charge in [-0.2, -0.15) is 5.10 Å². The number of furan rings is 1. The molecule has 2 aromatic heterocycles. The first-order valence-electron chi connectivity index (χ1n) is 10.2. The minimum Gasteiger partial charge on any atom is -0.468 e. The van der Waals surface area contributed by atoms with Crippen LogP contribution in [0.5, 0.6) is 0 Å². The van der Waals surface area contributed by atoms with E-state index >= 15 is 0 Å². The maximum absolute atomic E-state index is 12.7. The zero-order valence-corrected chi connectivity index (χ0v) is 17.7. The third-order valence-electron chi connectivity index (χ3n) is 5.40. The molecule has 0 bridgehead atoms. The zero-order valence-electron chi connectivity index (χ0n) is 17.7. The van der Waals surface area contributed by atoms with E-state index < -0.39 is 0 Å². The molecule has 6 nitrogen and oxygen atoms in total. The summed E-state index contributed by atoms with van der Waals surface area (Å²) >= 11 is 0. The van der Waals surface area contributed by atoms with Gasteiger partial charge in [0.15, 0.2) is 0 Å². The molecule has 0 saturated carbocycles. The molecule has 1 amide bonds. The van der Waals surface area contributed by atoms with Gasteiger partial charge in [0.2, 0.25) is 5.91 Å². The molecule has 0 aliphatic carbocycles. The molecule has 29 heavy (non-hydrogen) atoms. The molecule has 3 aromatic rings. The largest absolute Gasteiger partial charge is 0.468 e. The summed E-state index contributed by atoms with van der Waals surface area (Å²) in [6, 6.07) is 13.9. The predicted molar refractivity (Wildman–Crippen MR) is 114 cm³/mol. The quantitative estimate of drug-likeness (QED) is 0.599. The first-order valence-corrected chi connectivity index (χ1v) is 10.2. The molecule has 6 heteroatoms. The number of carbonyl (C=O) groups is 1. The summed E-state index contributed by atoms with van der Waals surface area (Å²) in [5, 5.41) is 7.73. The summed E-state index contributed by atoms with van der Waals surface area (Å²) in [5.41, 5.74) is 3.85. The second-order valence-electron chi connectivity index (χ2n) is 7.13. The van der Waals surface area contributed by atoms with E-state index in [0.29, 0.717) is 13.0 Å². The molecule has 0 fully saturated rings. The van der Waals surface area contributed by atoms with Crippen molar-refractivity contribution in [3.8, 4) is 5.69 Å². The summed E-state index contributed by atoms with van der Waals surface area (Å²) in [4.78, 5) is 15.0. The third kappa shape index (κ3) is 4.77. The lowest BCUT2D eigenvalue weighted by Crippen LogP contribution is -2.38. The minimum absolute atomic E-state index is 0.00692. The predicted octanol–water partition coefficient (Wildman–Crippen LogP) is 3.82. The smallest absolute Gasteiger partial charge is 0.224 e. The van der Waals surface area contributed by atoms with Gasteiger partial charge >= 0.3 is 0 Å². The molecule has 0 spiro atoms. The van der Waals surface area contributed by atoms with E-state index in [2.05, 4.69) is 29.2 Å². The molecule has 0 aliphatic heterocycles. The van der Waals surface area contributed by atoms with Gasteiger partial charge in [-0.25, -0.2) is 4.68 Å². The Morgan fingerprint density at radius 2 is 1.86 bits per heavy atom. The molecule has 0 saturated heterocycles. The van der Waals surface area contributed by atoms with Crippen molar-refractivity contribution in [3.05, 3.63) is 71.4 Å². The van der Waals surface area contributed by atoms with Crippen LogP contribution < -0.4 is 5.32 Å². The highest BCUT2D eigenvalue weighted by molar-refractivity contribution is 5.79. The van der Waals surface area contributed by atoms with Gasteiger partial charge in [0, 0.05) is 17.8 Å². The number of nitrogens with one attached hydrogen (secondary N) is 1. The SMILES string of the molecule is CCN(CC)C(CNC(=O)Cc1c(C)nn(-c2ccccc2)c1C)c1ccco1. The van der Waals surface area contributed by atoms with E-state index in [-0.39, 0.29) is 11.9 Å². The fraction of sp³-hybridized carbons (Fsp3) is 0.391. The van der Waals surface area contributed by atoms with Crippen molar-refractivity contribution >= 4 is 5.91 Å². The average molecular weight is 395 g/mol. The van der Waals surface area contributed by atoms with E-state index in [1.807, 2.05) is 61.0 Å². The molecule has 0 aliphatic rings. The number of amides is 1. The van der Waals surface area contributed by atoms with E-state index in [1.54, 1.807) is 6.26 Å². The lowest BCUT2D eigenvalue weighted by molar-refractivity contribution is -0.120. The number of aromatic nitrogens is 2. The van der Waals surface area contributed by atoms with Gasteiger partial charge in [-0.1, -0.05) is 32.0 Å². The summed E-state index contributed by atoms with van der Waals surface area (Å²) < 4.78 is 7.52. The van der Waals surface area contributed by atoms with Crippen LogP contribution in [0.2, 0.25) is 0 Å². The lowest BCUT2D eigenvalue weighted by atomic mass is 10.1. The number of para-hydroxylation sites is 1. The topological polar surface area (TPSA) is 63.3 Å². The van der Waals surface area contributed by atoms with Gasteiger partial charge in [0.25, 0.3) is 0 Å². The second-order valence-corrected chi connectivity index (χ2v) is 7.13. The van der Waals surface area contributed by atoms with Crippen LogP contribution >= 0.6 is 0 Å². The normalized spacial score (nSPS) is 12.3. The van der Waals surface area contributed by atoms with Crippen LogP contribution in [0.4, 0.5) is 0 Å². The van der Waals surface area contributed by atoms with Crippen molar-refractivity contribution in [2.24, 2.45) is 0 Å². The van der Waals surface area contributed by atoms with Gasteiger partial charge in [-0.05, 0) is 51.2 Å². The van der Waals surface area contributed by atoms with Crippen molar-refractivity contribution < 1.29 is 9.21 Å². The highest BCUT2D eigenvalue weighted by Gasteiger charge is 2.22. The number of nitrogens with zero attached hydrogens (tertiary/aromatic N) is 3. The molecule has 2 heterocycles. The first-order chi connectivity index (χ1) is 14.0. The van der Waals surface area contributed by atoms with Crippen molar-refractivity contribution in [3.63, 3.8) is 0 Å². The Balaban J connectivity index is 1.70. The Hall–Kier alpha value is -2.86. The Labute approximate surface area is 172 Å². The number of hydrogen-bond acceptors (Lipinski definition) is 4. The number of hydrogen-bond donors (Lipinski definition) is 1. The highest BCUT2D eigenvalue weighted by Crippen LogP contribution is 2.21. The summed E-state index contributed by atoms with van der Waals surface area (Å²) in [5.74, 6) is 0.866. The zero-order chi connectivity index (χ0) is 20.8. The van der Waals surface area contributed by atoms with Crippen LogP contribution in [0.25, 0.3) is 5.69 Å². The van der Waals surface area contributed by atoms with Gasteiger partial charge in [0.05, 0.1) is 30.1 Å². The number of likely N-dealkylation sites (N-methyl/N-ethyl adjacent to an activating group) is 1. The molecular formula is C23H30N4O2. The Kier molecular flexibility index (Phi) is 6.88. The monoisotopic (exact) mass is 394 g/mol. The van der Waals surface area contributed by atoms with Gasteiger partial charge in [0.1, 0.15) is 5.76 Å². The van der Waals surface area contributed by atoms with Crippen molar-refractivity contribution in [1.82, 2.24) is 20.0 Å². The summed E-state index contributed by atoms with van der Waals surface area (Å²) in [6.07, 6.45) is 1.99. The Morgan fingerprint density at radius 3 is 2.48 bits per heavy atom. The van der Waals surface area contributed by atoms with E-state index in [0.717, 1.165) is 41.5 Å². The summed E-state index contributed by atoms with van der Waals surface area (Å²) in [7, 11) is 0. The maximum atomic E-state index is 12.7. The average Bonchev–Trinajstić information content (AvgIpc) is 3.36. The van der Waals surface area contributed by atoms with Crippen LogP contribution in [-0.4, -0.2) is 40.2 Å². The van der Waals surface area contributed by atoms with Crippen molar-refractivity contribution in [2.45, 2.75) is 40.2 Å². The molecule has 3 rings (SSSR count). The summed E-state index contributed by atoms with van der Waals surface area (Å²) in [6.45, 7) is 10.5. The maximum Gasteiger partial charge on any atom is 0.224 e. The van der Waals surface area contributed by atoms with Gasteiger partial charge < -0.3 is 9.73 Å². The Bertz CT molecular complexity index is 912. The van der Waals surface area contributed by atoms with Gasteiger partial charge in [-0.15, -0.1) is 0 Å². The lowest BCUT2D eigenvalue weighted by Gasteiger charge is -2.28. The number of aryl methyl sites for hydroxylation is 1. The first kappa shape index (κ1) is 20.9. The minimum atomic E-state index is -0.00692. The van der Waals surface area contributed by atoms with E-state index in [1.165, 1.54) is 0 Å². The second kappa shape index (κ2) is 9.56. The fourth-order valence-electron chi connectivity index (χ4n) is 3.74. The van der Waals surface area contributed by atoms with Crippen LogP contribution in [0.1, 0.15) is 42.6 Å². The fourth-order valence-corrected chi connectivity index (χ4v) is 3.74. The molecule has 154 valence electrons. The number of benzene rings is 1. The van der Waals surface area contributed by atoms with Gasteiger partial charge in [-0.3, -0.25) is 9.69 Å². The molecule has 1 aromatic carbocycles. The van der Waals surface area contributed by atoms with Crippen LogP contribution in [0.15, 0.2) is 53.1 Å². The van der Waals surface area contributed by atoms with Crippen LogP contribution in [0.3, 0.4) is 0 Å². The third-order valence-corrected chi connectivity index (χ3v) is 5.40. The molecule has 1 atom stereocenters. The molecule has 1 N–H and O–H groups in total. The number of rotatable bonds is 9. The number of carbonyl (C=O) groups excluding carboxylic acids is 1. The standard InChI is InChI=1S/C23H30N4O2/c1-5-26(6-2)21(22-13-10-14-29-22)16-24-23(28)15-20-17(3)25-27(18(20)4)19-11-8-7-9-12-19/h7-14,21H,5-6,15-16H2,1-4H3,(H,24,28). The highest BCUT2D eigenvalue weighted by atomic mass is 16.3. The van der Waals surface area contributed by atoms with Crippen molar-refractivity contribution in [1.29, 1.82) is 0 Å². The Morgan fingerprint density at radius 1 is 1.14 bits per heavy atom. The van der Waals surface area contributed by atoms with E-state index in [9.17, 15) is 4.79 Å². The molecule has 0 radical (unpaired) electrons. The van der Waals surface area contributed by atoms with Crippen molar-refractivity contribution in [2.75, 3.05) is 19.6 Å². The van der Waals surface area contributed by atoms with Crippen LogP contribution in [0, 0.1) is 13.8 Å². The molecule has 1 unspecified atom stereocenters.